The molecule has 0 radical (unpaired) electrons. The van der Waals surface area contributed by atoms with Crippen LogP contribution >= 0.6 is 0 Å². The fourth-order valence-electron chi connectivity index (χ4n) is 2.49. The molecule has 144 valence electrons. The molecule has 0 fully saturated rings. The molecule has 4 nitrogen and oxygen atoms in total. The van der Waals surface area contributed by atoms with E-state index in [0.717, 1.165) is 17.4 Å². The summed E-state index contributed by atoms with van der Waals surface area (Å²) in [7, 11) is 0. The van der Waals surface area contributed by atoms with Crippen molar-refractivity contribution in [2.24, 2.45) is 11.8 Å². The van der Waals surface area contributed by atoms with Gasteiger partial charge in [0, 0.05) is 0 Å². The summed E-state index contributed by atoms with van der Waals surface area (Å²) in [6.45, 7) is 11.1. The number of carbonyl (C=O) groups is 2. The van der Waals surface area contributed by atoms with Crippen LogP contribution in [0.25, 0.3) is 0 Å². The molecule has 0 N–H and O–H groups in total. The monoisotopic (exact) mass is 564 g/mol. The van der Waals surface area contributed by atoms with E-state index in [4.69, 9.17) is 5.37 Å². The molecule has 2 rings (SSSR count). The van der Waals surface area contributed by atoms with Gasteiger partial charge in [-0.25, -0.2) is 0 Å². The van der Waals surface area contributed by atoms with Crippen LogP contribution in [0.2, 0.25) is 0 Å². The van der Waals surface area contributed by atoms with E-state index in [0.29, 0.717) is 0 Å². The molecule has 0 aliphatic carbocycles. The first-order valence-electron chi connectivity index (χ1n) is 9.25. The van der Waals surface area contributed by atoms with E-state index in [-0.39, 0.29) is 23.8 Å². The van der Waals surface area contributed by atoms with Gasteiger partial charge >= 0.3 is 168 Å². The van der Waals surface area contributed by atoms with Gasteiger partial charge in [0.1, 0.15) is 0 Å². The number of rotatable bonds is 6. The number of hydrogen-bond donors (Lipinski definition) is 0. The van der Waals surface area contributed by atoms with Gasteiger partial charge in [-0.1, -0.05) is 0 Å². The summed E-state index contributed by atoms with van der Waals surface area (Å²) in [5.41, 5.74) is 2.19. The Morgan fingerprint density at radius 1 is 0.667 bits per heavy atom. The summed E-state index contributed by atoms with van der Waals surface area (Å²) >= 11 is -4.70. The Balaban J connectivity index is 2.69. The standard InChI is InChI=1S/2C7H7.2C4H8O2.Pb/c2*1-7-5-3-2-4-6-7;2*1-3(2)4(5)6;/h2*3-6H,1H3;2*3H,1-2H3,(H,5,6);/q;;;;+2/p-2. The Bertz CT molecular complexity index is 723. The van der Waals surface area contributed by atoms with Crippen molar-refractivity contribution in [1.29, 1.82) is 0 Å². The molecule has 0 heterocycles. The summed E-state index contributed by atoms with van der Waals surface area (Å²) in [4.78, 5) is 25.3. The Labute approximate surface area is 167 Å². The molecule has 0 atom stereocenters. The molecule has 2 aromatic rings. The predicted octanol–water partition coefficient (Wildman–Crippen LogP) is 3.26. The van der Waals surface area contributed by atoms with Gasteiger partial charge in [-0.3, -0.25) is 0 Å². The second kappa shape index (κ2) is 8.99. The molecule has 0 saturated heterocycles. The van der Waals surface area contributed by atoms with E-state index in [2.05, 4.69) is 0 Å². The summed E-state index contributed by atoms with van der Waals surface area (Å²) in [6, 6.07) is 15.6. The van der Waals surface area contributed by atoms with E-state index in [1.807, 2.05) is 62.4 Å². The Morgan fingerprint density at radius 2 is 0.963 bits per heavy atom. The third kappa shape index (κ3) is 5.18. The maximum atomic E-state index is 12.6. The van der Waals surface area contributed by atoms with E-state index in [1.165, 1.54) is 0 Å². The number of aryl methyl sites for hydroxylation is 2. The summed E-state index contributed by atoms with van der Waals surface area (Å²) in [5, 5.41) is 0. The molecule has 0 amide bonds. The Hall–Kier alpha value is -1.70. The molecule has 2 aromatic carbocycles. The van der Waals surface area contributed by atoms with Crippen molar-refractivity contribution in [2.75, 3.05) is 0 Å². The summed E-state index contributed by atoms with van der Waals surface area (Å²) in [6.07, 6.45) is 0. The molecule has 0 bridgehead atoms. The normalized spacial score (nSPS) is 11.6. The first kappa shape index (κ1) is 21.6. The molecule has 0 spiro atoms. The predicted molar refractivity (Wildman–Crippen MR) is 109 cm³/mol. The van der Waals surface area contributed by atoms with Crippen molar-refractivity contribution in [3.8, 4) is 0 Å². The second-order valence-electron chi connectivity index (χ2n) is 7.50. The minimum atomic E-state index is -4.70. The van der Waals surface area contributed by atoms with Crippen LogP contribution in [0, 0.1) is 25.7 Å². The number of carbonyl (C=O) groups excluding carboxylic acids is 2. The Morgan fingerprint density at radius 3 is 1.22 bits per heavy atom. The van der Waals surface area contributed by atoms with Crippen LogP contribution in [0.5, 0.6) is 0 Å². The van der Waals surface area contributed by atoms with Crippen molar-refractivity contribution in [1.82, 2.24) is 0 Å². The molecule has 0 aliphatic rings. The van der Waals surface area contributed by atoms with Gasteiger partial charge in [-0.05, 0) is 0 Å². The zero-order valence-electron chi connectivity index (χ0n) is 16.9. The number of benzene rings is 2. The van der Waals surface area contributed by atoms with E-state index in [9.17, 15) is 9.59 Å². The quantitative estimate of drug-likeness (QED) is 0.507. The zero-order chi connectivity index (χ0) is 20.2. The first-order chi connectivity index (χ1) is 12.7. The second-order valence-corrected chi connectivity index (χ2v) is 18.4. The molecule has 0 saturated carbocycles. The molecule has 0 aliphatic heterocycles. The maximum absolute atomic E-state index is 12.6. The molecular formula is C22H28O4Pb. The van der Waals surface area contributed by atoms with Crippen LogP contribution in [0.4, 0.5) is 0 Å². The zero-order valence-corrected chi connectivity index (χ0v) is 20.8. The SMILES string of the molecule is Cc1cc[c]([Pb]([O]C(=O)C(C)C)([O]C(=O)C(C)C)[c]2ccc(C)cc2)cc1. The van der Waals surface area contributed by atoms with Crippen molar-refractivity contribution in [2.45, 2.75) is 41.5 Å². The average Bonchev–Trinajstić information content (AvgIpc) is 2.62. The molecule has 0 aromatic heterocycles. The van der Waals surface area contributed by atoms with Crippen molar-refractivity contribution >= 4 is 40.3 Å². The van der Waals surface area contributed by atoms with Gasteiger partial charge in [0.15, 0.2) is 0 Å². The van der Waals surface area contributed by atoms with Gasteiger partial charge in [-0.15, -0.1) is 0 Å². The molecule has 5 heteroatoms. The summed E-state index contributed by atoms with van der Waals surface area (Å²) in [5.74, 6) is -1.29. The molecular weight excluding hydrogens is 535 g/mol. The third-order valence-electron chi connectivity index (χ3n) is 4.29. The fourth-order valence-corrected chi connectivity index (χ4v) is 14.5. The van der Waals surface area contributed by atoms with Crippen LogP contribution in [-0.2, 0) is 15.0 Å². The van der Waals surface area contributed by atoms with Crippen LogP contribution in [0.15, 0.2) is 48.5 Å². The Kier molecular flexibility index (Phi) is 7.20. The molecule has 27 heavy (non-hydrogen) atoms. The van der Waals surface area contributed by atoms with Crippen LogP contribution in [0.1, 0.15) is 38.8 Å². The van der Waals surface area contributed by atoms with E-state index >= 15 is 0 Å². The van der Waals surface area contributed by atoms with Crippen molar-refractivity contribution in [3.63, 3.8) is 0 Å². The molecule has 0 unspecified atom stereocenters. The first-order valence-corrected chi connectivity index (χ1v) is 16.3. The average molecular weight is 564 g/mol. The summed E-state index contributed by atoms with van der Waals surface area (Å²) < 4.78 is 13.9. The third-order valence-corrected chi connectivity index (χ3v) is 16.6. The van der Waals surface area contributed by atoms with Gasteiger partial charge in [0.05, 0.1) is 0 Å². The van der Waals surface area contributed by atoms with Crippen molar-refractivity contribution in [3.05, 3.63) is 59.7 Å². The van der Waals surface area contributed by atoms with Crippen LogP contribution < -0.4 is 6.25 Å². The fraction of sp³-hybridized carbons (Fsp3) is 0.364. The van der Waals surface area contributed by atoms with Crippen LogP contribution in [0.3, 0.4) is 0 Å². The van der Waals surface area contributed by atoms with E-state index < -0.39 is 22.1 Å². The van der Waals surface area contributed by atoms with Gasteiger partial charge in [0.2, 0.25) is 0 Å². The van der Waals surface area contributed by atoms with E-state index in [1.54, 1.807) is 27.7 Å². The number of hydrogen-bond acceptors (Lipinski definition) is 4. The topological polar surface area (TPSA) is 52.6 Å². The van der Waals surface area contributed by atoms with Gasteiger partial charge < -0.3 is 0 Å². The van der Waals surface area contributed by atoms with Crippen molar-refractivity contribution < 1.29 is 15.0 Å². The minimum absolute atomic E-state index is 0.307. The van der Waals surface area contributed by atoms with Crippen LogP contribution in [-0.4, -0.2) is 34.0 Å². The van der Waals surface area contributed by atoms with Gasteiger partial charge in [-0.2, -0.15) is 0 Å². The van der Waals surface area contributed by atoms with Gasteiger partial charge in [0.25, 0.3) is 0 Å².